The molecule has 4 fully saturated rings. The summed E-state index contributed by atoms with van der Waals surface area (Å²) in [5.74, 6) is 1.87. The molecule has 1 N–H and O–H groups in total. The summed E-state index contributed by atoms with van der Waals surface area (Å²) in [7, 11) is 0. The van der Waals surface area contributed by atoms with Crippen molar-refractivity contribution in [1.82, 2.24) is 24.0 Å². The van der Waals surface area contributed by atoms with Crippen LogP contribution in [-0.4, -0.2) is 42.1 Å². The van der Waals surface area contributed by atoms with Crippen LogP contribution in [0.2, 0.25) is 0 Å². The lowest BCUT2D eigenvalue weighted by Crippen LogP contribution is -2.58. The minimum atomic E-state index is -0.629. The monoisotopic (exact) mass is 515 g/mol. The van der Waals surface area contributed by atoms with Gasteiger partial charge in [-0.2, -0.15) is 0 Å². The minimum absolute atomic E-state index is 0.0579. The average molecular weight is 516 g/mol. The lowest BCUT2D eigenvalue weighted by atomic mass is 9.68. The molecule has 0 amide bonds. The number of aromatic amines is 1. The van der Waals surface area contributed by atoms with E-state index >= 15 is 0 Å². The third kappa shape index (κ3) is 3.99. The molecule has 4 bridgehead atoms. The molecule has 3 aromatic rings. The van der Waals surface area contributed by atoms with Gasteiger partial charge in [0.25, 0.3) is 11.1 Å². The molecule has 4 heterocycles. The first-order valence-corrected chi connectivity index (χ1v) is 14.6. The maximum absolute atomic E-state index is 14.1. The molecule has 0 radical (unpaired) electrons. The average Bonchev–Trinajstić information content (AvgIpc) is 2.87. The summed E-state index contributed by atoms with van der Waals surface area (Å²) < 4.78 is 3.18. The summed E-state index contributed by atoms with van der Waals surface area (Å²) >= 11 is 0. The molecule has 2 aliphatic heterocycles. The van der Waals surface area contributed by atoms with Gasteiger partial charge in [0.1, 0.15) is 0 Å². The second-order valence-corrected chi connectivity index (χ2v) is 12.3. The van der Waals surface area contributed by atoms with Crippen molar-refractivity contribution in [2.75, 3.05) is 0 Å². The number of aromatic nitrogens is 4. The van der Waals surface area contributed by atoms with Crippen molar-refractivity contribution < 1.29 is 0 Å². The summed E-state index contributed by atoms with van der Waals surface area (Å²) in [6.07, 6.45) is 13.9. The molecule has 2 saturated carbocycles. The van der Waals surface area contributed by atoms with Crippen LogP contribution in [0.4, 0.5) is 0 Å². The first-order valence-electron chi connectivity index (χ1n) is 14.6. The topological polar surface area (TPSA) is 93.0 Å². The third-order valence-corrected chi connectivity index (χ3v) is 10.0. The van der Waals surface area contributed by atoms with Gasteiger partial charge < -0.3 is 4.57 Å². The zero-order valence-corrected chi connectivity index (χ0v) is 22.1. The zero-order chi connectivity index (χ0) is 26.0. The van der Waals surface area contributed by atoms with Gasteiger partial charge in [-0.1, -0.05) is 37.8 Å². The fourth-order valence-corrected chi connectivity index (χ4v) is 8.66. The van der Waals surface area contributed by atoms with Crippen molar-refractivity contribution in [3.8, 4) is 5.82 Å². The Labute approximate surface area is 221 Å². The summed E-state index contributed by atoms with van der Waals surface area (Å²) in [5, 5.41) is 0. The number of benzene rings is 1. The molecule has 2 aliphatic carbocycles. The second-order valence-electron chi connectivity index (χ2n) is 12.3. The molecule has 8 heteroatoms. The van der Waals surface area contributed by atoms with Crippen LogP contribution in [0.1, 0.15) is 82.4 Å². The highest BCUT2D eigenvalue weighted by Gasteiger charge is 2.45. The van der Waals surface area contributed by atoms with E-state index in [1.807, 2.05) is 28.8 Å². The van der Waals surface area contributed by atoms with E-state index in [-0.39, 0.29) is 17.4 Å². The van der Waals surface area contributed by atoms with Crippen molar-refractivity contribution in [2.45, 2.75) is 102 Å². The van der Waals surface area contributed by atoms with Crippen molar-refractivity contribution >= 4 is 11.0 Å². The third-order valence-electron chi connectivity index (χ3n) is 10.0. The molecule has 200 valence electrons. The molecule has 6 atom stereocenters. The highest BCUT2D eigenvalue weighted by Crippen LogP contribution is 2.47. The Morgan fingerprint density at radius 2 is 1.50 bits per heavy atom. The van der Waals surface area contributed by atoms with Crippen LogP contribution in [-0.2, 0) is 0 Å². The van der Waals surface area contributed by atoms with Gasteiger partial charge in [0.2, 0.25) is 5.82 Å². The van der Waals surface area contributed by atoms with Crippen molar-refractivity contribution in [1.29, 1.82) is 0 Å². The SMILES string of the molecule is Cc1cc(=O)[nH]c(=O)n1-c1nc2ccccc2n([C@H]2C[C@H]3CCC[C@@H](C2)N3[C@H]2C[C@@H]3CCC[C@@H](C3)C2)c1=O. The molecular weight excluding hydrogens is 478 g/mol. The molecule has 38 heavy (non-hydrogen) atoms. The van der Waals surface area contributed by atoms with Gasteiger partial charge in [0.15, 0.2) is 0 Å². The number of para-hydroxylation sites is 2. The van der Waals surface area contributed by atoms with Gasteiger partial charge in [0, 0.05) is 35.9 Å². The van der Waals surface area contributed by atoms with Crippen LogP contribution in [0.25, 0.3) is 16.9 Å². The lowest BCUT2D eigenvalue weighted by molar-refractivity contribution is -0.0485. The first-order chi connectivity index (χ1) is 18.5. The largest absolute Gasteiger partial charge is 0.334 e. The van der Waals surface area contributed by atoms with E-state index in [4.69, 9.17) is 0 Å². The summed E-state index contributed by atoms with van der Waals surface area (Å²) in [4.78, 5) is 48.7. The van der Waals surface area contributed by atoms with Gasteiger partial charge in [-0.05, 0) is 75.8 Å². The summed E-state index contributed by atoms with van der Waals surface area (Å²) in [5.41, 5.74) is 0.546. The number of hydrogen-bond donors (Lipinski definition) is 1. The maximum atomic E-state index is 14.1. The first kappa shape index (κ1) is 24.1. The molecule has 0 spiro atoms. The molecule has 8 nitrogen and oxygen atoms in total. The van der Waals surface area contributed by atoms with E-state index in [1.54, 1.807) is 6.92 Å². The fraction of sp³-hybridized carbons (Fsp3) is 0.600. The predicted molar refractivity (Wildman–Crippen MR) is 147 cm³/mol. The predicted octanol–water partition coefficient (Wildman–Crippen LogP) is 4.07. The summed E-state index contributed by atoms with van der Waals surface area (Å²) in [6.45, 7) is 1.67. The van der Waals surface area contributed by atoms with Gasteiger partial charge in [-0.25, -0.2) is 14.3 Å². The smallest absolute Gasteiger partial charge is 0.300 e. The van der Waals surface area contributed by atoms with E-state index in [9.17, 15) is 14.4 Å². The maximum Gasteiger partial charge on any atom is 0.334 e. The van der Waals surface area contributed by atoms with Gasteiger partial charge in [-0.3, -0.25) is 19.5 Å². The van der Waals surface area contributed by atoms with Crippen molar-refractivity contribution in [3.63, 3.8) is 0 Å². The number of aryl methyl sites for hydroxylation is 1. The Morgan fingerprint density at radius 3 is 2.21 bits per heavy atom. The second kappa shape index (κ2) is 9.33. The van der Waals surface area contributed by atoms with Gasteiger partial charge in [0.05, 0.1) is 11.0 Å². The van der Waals surface area contributed by atoms with Gasteiger partial charge in [-0.15, -0.1) is 0 Å². The fourth-order valence-electron chi connectivity index (χ4n) is 8.66. The molecule has 2 saturated heterocycles. The Hall–Kier alpha value is -3.00. The quantitative estimate of drug-likeness (QED) is 0.568. The number of piperidine rings is 2. The van der Waals surface area contributed by atoms with Crippen molar-refractivity contribution in [2.24, 2.45) is 11.8 Å². The number of nitrogens with one attached hydrogen (secondary N) is 1. The van der Waals surface area contributed by atoms with Crippen LogP contribution in [0.3, 0.4) is 0 Å². The van der Waals surface area contributed by atoms with Crippen molar-refractivity contribution in [3.05, 3.63) is 67.2 Å². The van der Waals surface area contributed by atoms with Gasteiger partial charge >= 0.3 is 5.69 Å². The lowest BCUT2D eigenvalue weighted by Gasteiger charge is -2.55. The summed E-state index contributed by atoms with van der Waals surface area (Å²) in [6, 6.07) is 10.8. The number of hydrogen-bond acceptors (Lipinski definition) is 5. The highest BCUT2D eigenvalue weighted by atomic mass is 16.2. The molecular formula is C30H37N5O3. The Kier molecular flexibility index (Phi) is 5.91. The number of rotatable bonds is 3. The minimum Gasteiger partial charge on any atom is -0.300 e. The van der Waals surface area contributed by atoms with E-state index in [2.05, 4.69) is 14.9 Å². The van der Waals surface area contributed by atoms with Crippen LogP contribution in [0.15, 0.2) is 44.7 Å². The zero-order valence-electron chi connectivity index (χ0n) is 22.1. The Balaban J connectivity index is 1.29. The van der Waals surface area contributed by atoms with E-state index in [0.29, 0.717) is 29.3 Å². The van der Waals surface area contributed by atoms with Crippen LogP contribution in [0, 0.1) is 18.8 Å². The number of nitrogens with zero attached hydrogens (tertiary/aromatic N) is 4. The molecule has 0 unspecified atom stereocenters. The van der Waals surface area contributed by atoms with Crippen LogP contribution < -0.4 is 16.8 Å². The standard InChI is InChI=1S/C30H37N5O3/c1-18-12-27(36)32-30(38)33(18)28-29(37)35(26-11-3-2-10-25(26)31-28)24-16-21-8-5-9-22(17-24)34(21)23-14-19-6-4-7-20(13-19)15-23/h2-3,10-12,19-24H,4-9,13-17H2,1H3,(H,32,36,38)/t19-,20+,21-,22+,23+,24+. The molecule has 1 aromatic carbocycles. The van der Waals surface area contributed by atoms with E-state index in [1.165, 1.54) is 68.4 Å². The molecule has 4 aliphatic rings. The normalized spacial score (nSPS) is 31.4. The molecule has 2 aromatic heterocycles. The van der Waals surface area contributed by atoms with Crippen LogP contribution in [0.5, 0.6) is 0 Å². The highest BCUT2D eigenvalue weighted by molar-refractivity contribution is 5.75. The number of fused-ring (bicyclic) bond motifs is 5. The Morgan fingerprint density at radius 1 is 0.816 bits per heavy atom. The van der Waals surface area contributed by atoms with E-state index < -0.39 is 11.2 Å². The van der Waals surface area contributed by atoms with E-state index in [0.717, 1.165) is 30.2 Å². The Bertz CT molecular complexity index is 1530. The number of H-pyrrole nitrogens is 1. The van der Waals surface area contributed by atoms with Crippen LogP contribution >= 0.6 is 0 Å². The molecule has 7 rings (SSSR count).